The summed E-state index contributed by atoms with van der Waals surface area (Å²) in [5, 5.41) is 0.978. The minimum Gasteiger partial charge on any atom is -0.423 e. The molecule has 0 unspecified atom stereocenters. The van der Waals surface area contributed by atoms with Gasteiger partial charge in [0.1, 0.15) is 5.42 Å². The molecule has 0 radical (unpaired) electrons. The van der Waals surface area contributed by atoms with E-state index in [1.807, 2.05) is 30.4 Å². The quantitative estimate of drug-likeness (QED) is 0.572. The number of aryl methyl sites for hydroxylation is 1. The lowest BCUT2D eigenvalue weighted by Crippen LogP contribution is -2.29. The fourth-order valence-electron chi connectivity index (χ4n) is 1.32. The van der Waals surface area contributed by atoms with Crippen LogP contribution in [0.4, 0.5) is 0 Å². The van der Waals surface area contributed by atoms with Crippen LogP contribution < -0.4 is 16.3 Å². The van der Waals surface area contributed by atoms with Gasteiger partial charge in [0, 0.05) is 10.8 Å². The summed E-state index contributed by atoms with van der Waals surface area (Å²) in [4.78, 5) is 11.2. The third-order valence-electron chi connectivity index (χ3n) is 2.03. The van der Waals surface area contributed by atoms with Crippen molar-refractivity contribution in [2.45, 2.75) is 13.3 Å². The lowest BCUT2D eigenvalue weighted by atomic mass is 10.2. The molecule has 0 aliphatic heterocycles. The first-order valence-electron chi connectivity index (χ1n) is 4.25. The Bertz CT molecular complexity index is 518. The fraction of sp³-hybridized carbons (Fsp3) is 0.182. The molecule has 0 amide bonds. The maximum Gasteiger partial charge on any atom is 0.339 e. The van der Waals surface area contributed by atoms with Gasteiger partial charge in [0.15, 0.2) is 0 Å². The highest BCUT2D eigenvalue weighted by atomic mass is 16.4. The Morgan fingerprint density at radius 2 is 2.31 bits per heavy atom. The van der Waals surface area contributed by atoms with Gasteiger partial charge in [0.2, 0.25) is 0 Å². The molecule has 0 spiro atoms. The van der Waals surface area contributed by atoms with E-state index >= 15 is 0 Å². The van der Waals surface area contributed by atoms with Gasteiger partial charge in [-0.1, -0.05) is 18.2 Å². The Labute approximate surface area is 75.5 Å². The van der Waals surface area contributed by atoms with Crippen LogP contribution in [-0.4, -0.2) is 0 Å². The molecular formula is C11H10O2. The van der Waals surface area contributed by atoms with Crippen molar-refractivity contribution in [1.29, 1.82) is 0 Å². The van der Waals surface area contributed by atoms with E-state index in [9.17, 15) is 4.79 Å². The number of hydrogen-bond acceptors (Lipinski definition) is 2. The Hall–Kier alpha value is -1.57. The number of allylic oxidation sites excluding steroid dienone is 2. The molecule has 1 aliphatic carbocycles. The average Bonchev–Trinajstić information content (AvgIpc) is 2.31. The molecule has 1 aromatic heterocycles. The molecule has 0 N–H and O–H groups in total. The van der Waals surface area contributed by atoms with E-state index in [1.54, 1.807) is 6.92 Å². The van der Waals surface area contributed by atoms with Gasteiger partial charge in [-0.15, -0.1) is 0 Å². The van der Waals surface area contributed by atoms with E-state index in [1.165, 1.54) is 0 Å². The van der Waals surface area contributed by atoms with E-state index < -0.39 is 0 Å². The zero-order chi connectivity index (χ0) is 9.26. The van der Waals surface area contributed by atoms with Crippen molar-refractivity contribution in [3.05, 3.63) is 44.8 Å². The fourth-order valence-corrected chi connectivity index (χ4v) is 1.32. The van der Waals surface area contributed by atoms with E-state index in [4.69, 9.17) is 4.42 Å². The second-order valence-electron chi connectivity index (χ2n) is 3.07. The summed E-state index contributed by atoms with van der Waals surface area (Å²) in [6.07, 6.45) is 8.68. The molecule has 0 bridgehead atoms. The highest BCUT2D eigenvalue weighted by Gasteiger charge is 1.96. The van der Waals surface area contributed by atoms with Gasteiger partial charge in [-0.25, -0.2) is 4.79 Å². The lowest BCUT2D eigenvalue weighted by Gasteiger charge is -1.90. The molecule has 0 saturated heterocycles. The molecule has 0 aromatic carbocycles. The predicted octanol–water partition coefficient (Wildman–Crippen LogP) is 0.469. The summed E-state index contributed by atoms with van der Waals surface area (Å²) >= 11 is 0. The Balaban J connectivity index is 2.89. The third kappa shape index (κ3) is 1.47. The van der Waals surface area contributed by atoms with Crippen LogP contribution in [0.25, 0.3) is 12.2 Å². The van der Waals surface area contributed by atoms with Crippen LogP contribution in [-0.2, 0) is 0 Å². The maximum absolute atomic E-state index is 11.2. The first-order valence-corrected chi connectivity index (χ1v) is 4.25. The van der Waals surface area contributed by atoms with Crippen molar-refractivity contribution in [3.63, 3.8) is 0 Å². The Morgan fingerprint density at radius 1 is 1.46 bits per heavy atom. The van der Waals surface area contributed by atoms with Gasteiger partial charge >= 0.3 is 5.63 Å². The molecule has 1 heterocycles. The highest BCUT2D eigenvalue weighted by molar-refractivity contribution is 5.42. The maximum atomic E-state index is 11.2. The van der Waals surface area contributed by atoms with Crippen LogP contribution in [0.5, 0.6) is 0 Å². The summed E-state index contributed by atoms with van der Waals surface area (Å²) in [5.41, 5.74) is 1.09. The number of hydrogen-bond donors (Lipinski definition) is 0. The van der Waals surface area contributed by atoms with E-state index in [0.29, 0.717) is 11.0 Å². The summed E-state index contributed by atoms with van der Waals surface area (Å²) < 4.78 is 5.13. The topological polar surface area (TPSA) is 30.2 Å². The van der Waals surface area contributed by atoms with Gasteiger partial charge in [-0.3, -0.25) is 0 Å². The van der Waals surface area contributed by atoms with Gasteiger partial charge in [-0.2, -0.15) is 0 Å². The molecule has 1 aromatic rings. The molecular weight excluding hydrogens is 164 g/mol. The molecule has 13 heavy (non-hydrogen) atoms. The monoisotopic (exact) mass is 174 g/mol. The van der Waals surface area contributed by atoms with Crippen molar-refractivity contribution < 1.29 is 4.42 Å². The summed E-state index contributed by atoms with van der Waals surface area (Å²) in [6, 6.07) is 1.85. The van der Waals surface area contributed by atoms with Crippen LogP contribution in [0.1, 0.15) is 12.0 Å². The highest BCUT2D eigenvalue weighted by Crippen LogP contribution is 1.88. The van der Waals surface area contributed by atoms with Crippen molar-refractivity contribution in [2.75, 3.05) is 0 Å². The van der Waals surface area contributed by atoms with Gasteiger partial charge in [-0.05, 0) is 25.5 Å². The van der Waals surface area contributed by atoms with E-state index in [-0.39, 0.29) is 5.63 Å². The molecule has 0 atom stereocenters. The van der Waals surface area contributed by atoms with Gasteiger partial charge in [0.25, 0.3) is 0 Å². The minimum absolute atomic E-state index is 0.245. The molecule has 66 valence electrons. The summed E-state index contributed by atoms with van der Waals surface area (Å²) in [7, 11) is 0. The lowest BCUT2D eigenvalue weighted by molar-refractivity contribution is 0.468. The first-order chi connectivity index (χ1) is 6.27. The van der Waals surface area contributed by atoms with Crippen molar-refractivity contribution in [3.8, 4) is 0 Å². The van der Waals surface area contributed by atoms with E-state index in [0.717, 1.165) is 11.6 Å². The molecule has 2 heteroatoms. The van der Waals surface area contributed by atoms with Crippen LogP contribution in [0.3, 0.4) is 0 Å². The summed E-state index contributed by atoms with van der Waals surface area (Å²) in [5.74, 6) is 0. The molecule has 2 nitrogen and oxygen atoms in total. The Kier molecular flexibility index (Phi) is 1.89. The van der Waals surface area contributed by atoms with Gasteiger partial charge in [0.05, 0.1) is 0 Å². The van der Waals surface area contributed by atoms with Crippen molar-refractivity contribution in [2.24, 2.45) is 0 Å². The molecule has 0 saturated carbocycles. The third-order valence-corrected chi connectivity index (χ3v) is 2.03. The van der Waals surface area contributed by atoms with E-state index in [2.05, 4.69) is 0 Å². The van der Waals surface area contributed by atoms with Crippen LogP contribution in [0.15, 0.2) is 27.4 Å². The predicted molar refractivity (Wildman–Crippen MR) is 51.7 cm³/mol. The largest absolute Gasteiger partial charge is 0.423 e. The average molecular weight is 174 g/mol. The normalized spacial score (nSPS) is 13.9. The van der Waals surface area contributed by atoms with Crippen LogP contribution >= 0.6 is 0 Å². The number of rotatable bonds is 0. The standard InChI is InChI=1S/C11H10O2/c1-8-7-9-5-3-2-4-6-10(9)13-11(8)12/h2-3,5-7H,4H2,1H3. The number of fused-ring (bicyclic) bond motifs is 1. The molecule has 0 fully saturated rings. The minimum atomic E-state index is -0.245. The Morgan fingerprint density at radius 3 is 3.15 bits per heavy atom. The zero-order valence-corrected chi connectivity index (χ0v) is 7.41. The van der Waals surface area contributed by atoms with Crippen molar-refractivity contribution >= 4 is 12.2 Å². The molecule has 2 rings (SSSR count). The van der Waals surface area contributed by atoms with Crippen LogP contribution in [0.2, 0.25) is 0 Å². The van der Waals surface area contributed by atoms with Crippen LogP contribution in [0, 0.1) is 6.92 Å². The van der Waals surface area contributed by atoms with Gasteiger partial charge < -0.3 is 4.42 Å². The zero-order valence-electron chi connectivity index (χ0n) is 7.41. The first kappa shape index (κ1) is 8.05. The smallest absolute Gasteiger partial charge is 0.339 e. The molecule has 1 aliphatic rings. The second kappa shape index (κ2) is 3.05. The SMILES string of the molecule is Cc1cc2c(oc1=O)=CCC=CC=2. The summed E-state index contributed by atoms with van der Waals surface area (Å²) in [6.45, 7) is 1.76. The van der Waals surface area contributed by atoms with Crippen molar-refractivity contribution in [1.82, 2.24) is 0 Å². The second-order valence-corrected chi connectivity index (χ2v) is 3.07.